The number of hydrogen-bond donors (Lipinski definition) is 1. The minimum Gasteiger partial charge on any atom is -0.370 e. The molecule has 1 aromatic carbocycles. The van der Waals surface area contributed by atoms with Gasteiger partial charge >= 0.3 is 0 Å². The van der Waals surface area contributed by atoms with Crippen LogP contribution in [0.4, 0.5) is 5.69 Å². The Morgan fingerprint density at radius 3 is 2.95 bits per heavy atom. The fourth-order valence-electron chi connectivity index (χ4n) is 3.20. The average molecular weight is 276 g/mol. The molecule has 1 N–H and O–H groups in total. The normalized spacial score (nSPS) is 28.2. The van der Waals surface area contributed by atoms with Gasteiger partial charge in [0.2, 0.25) is 0 Å². The summed E-state index contributed by atoms with van der Waals surface area (Å²) in [4.78, 5) is 3.95. The maximum Gasteiger partial charge on any atom is 0.0378 e. The summed E-state index contributed by atoms with van der Waals surface area (Å²) < 4.78 is 0. The molecule has 104 valence electrons. The molecule has 2 nitrogen and oxygen atoms in total. The molecule has 0 radical (unpaired) electrons. The molecule has 2 aliphatic rings. The fourth-order valence-corrected chi connectivity index (χ4v) is 3.65. The van der Waals surface area contributed by atoms with Crippen LogP contribution in [-0.4, -0.2) is 31.4 Å². The highest BCUT2D eigenvalue weighted by Crippen LogP contribution is 2.41. The number of nitrogens with zero attached hydrogens (tertiary/aromatic N) is 1. The first-order chi connectivity index (χ1) is 9.21. The van der Waals surface area contributed by atoms with Gasteiger partial charge in [0.1, 0.15) is 0 Å². The van der Waals surface area contributed by atoms with Crippen LogP contribution in [0.3, 0.4) is 0 Å². The Hall–Kier alpha value is -0.670. The summed E-state index contributed by atoms with van der Waals surface area (Å²) in [6.45, 7) is 5.90. The minimum absolute atomic E-state index is 0.311. The summed E-state index contributed by atoms with van der Waals surface area (Å²) in [7, 11) is 0. The van der Waals surface area contributed by atoms with Crippen molar-refractivity contribution in [3.05, 3.63) is 24.3 Å². The molecule has 3 rings (SSSR count). The second-order valence-electron chi connectivity index (χ2n) is 6.10. The van der Waals surface area contributed by atoms with Gasteiger partial charge in [-0.25, -0.2) is 0 Å². The Morgan fingerprint density at radius 2 is 2.21 bits per heavy atom. The van der Waals surface area contributed by atoms with Gasteiger partial charge in [-0.3, -0.25) is 0 Å². The quantitative estimate of drug-likeness (QED) is 0.852. The number of rotatable bonds is 3. The van der Waals surface area contributed by atoms with Crippen molar-refractivity contribution in [1.29, 1.82) is 0 Å². The third-order valence-electron chi connectivity index (χ3n) is 4.55. The van der Waals surface area contributed by atoms with Crippen molar-refractivity contribution in [3.63, 3.8) is 0 Å². The third kappa shape index (κ3) is 2.92. The van der Waals surface area contributed by atoms with Gasteiger partial charge < -0.3 is 10.2 Å². The highest BCUT2D eigenvalue weighted by atomic mass is 32.2. The lowest BCUT2D eigenvalue weighted by atomic mass is 9.95. The lowest BCUT2D eigenvalue weighted by Crippen LogP contribution is -2.51. The van der Waals surface area contributed by atoms with Crippen molar-refractivity contribution in [2.24, 2.45) is 5.92 Å². The number of nitrogens with one attached hydrogen (secondary N) is 1. The van der Waals surface area contributed by atoms with E-state index in [1.54, 1.807) is 0 Å². The molecule has 0 bridgehead atoms. The highest BCUT2D eigenvalue weighted by Gasteiger charge is 2.43. The van der Waals surface area contributed by atoms with Crippen molar-refractivity contribution in [2.75, 3.05) is 30.8 Å². The lowest BCUT2D eigenvalue weighted by Gasteiger charge is -2.35. The van der Waals surface area contributed by atoms with Gasteiger partial charge in [-0.15, -0.1) is 11.8 Å². The summed E-state index contributed by atoms with van der Waals surface area (Å²) >= 11 is 1.83. The van der Waals surface area contributed by atoms with Crippen LogP contribution in [0, 0.1) is 5.92 Å². The van der Waals surface area contributed by atoms with Crippen LogP contribution in [-0.2, 0) is 0 Å². The van der Waals surface area contributed by atoms with Gasteiger partial charge in [-0.2, -0.15) is 0 Å². The van der Waals surface area contributed by atoms with E-state index >= 15 is 0 Å². The van der Waals surface area contributed by atoms with E-state index in [9.17, 15) is 0 Å². The van der Waals surface area contributed by atoms with Crippen LogP contribution in [0.2, 0.25) is 0 Å². The summed E-state index contributed by atoms with van der Waals surface area (Å²) in [5.74, 6) is 0.886. The molecular formula is C16H24N2S. The van der Waals surface area contributed by atoms with Crippen molar-refractivity contribution >= 4 is 17.4 Å². The van der Waals surface area contributed by atoms with E-state index in [4.69, 9.17) is 0 Å². The Labute approximate surface area is 121 Å². The van der Waals surface area contributed by atoms with Crippen molar-refractivity contribution in [3.8, 4) is 0 Å². The molecule has 0 amide bonds. The SMILES string of the molecule is CSc1cccc(N2CCCNC(C)(C3CC3)C2)c1. The Bertz CT molecular complexity index is 444. The molecule has 1 heterocycles. The topological polar surface area (TPSA) is 15.3 Å². The summed E-state index contributed by atoms with van der Waals surface area (Å²) in [5.41, 5.74) is 1.70. The van der Waals surface area contributed by atoms with E-state index in [0.29, 0.717) is 5.54 Å². The second-order valence-corrected chi connectivity index (χ2v) is 6.97. The zero-order valence-corrected chi connectivity index (χ0v) is 12.8. The van der Waals surface area contributed by atoms with E-state index in [-0.39, 0.29) is 0 Å². The molecule has 1 saturated heterocycles. The highest BCUT2D eigenvalue weighted by molar-refractivity contribution is 7.98. The van der Waals surface area contributed by atoms with Gasteiger partial charge in [0.25, 0.3) is 0 Å². The van der Waals surface area contributed by atoms with Crippen LogP contribution in [0.1, 0.15) is 26.2 Å². The standard InChI is InChI=1S/C16H24N2S/c1-16(13-7-8-13)12-18(10-4-9-17-16)14-5-3-6-15(11-14)19-2/h3,5-6,11,13,17H,4,7-10,12H2,1-2H3. The first kappa shape index (κ1) is 13.3. The van der Waals surface area contributed by atoms with E-state index in [0.717, 1.165) is 19.0 Å². The predicted octanol–water partition coefficient (Wildman–Crippen LogP) is 3.38. The van der Waals surface area contributed by atoms with Gasteiger partial charge in [0, 0.05) is 29.2 Å². The zero-order valence-electron chi connectivity index (χ0n) is 12.0. The van der Waals surface area contributed by atoms with Crippen molar-refractivity contribution in [2.45, 2.75) is 36.6 Å². The van der Waals surface area contributed by atoms with Crippen LogP contribution in [0.15, 0.2) is 29.2 Å². The molecule has 2 fully saturated rings. The van der Waals surface area contributed by atoms with Crippen molar-refractivity contribution < 1.29 is 0 Å². The Balaban J connectivity index is 1.81. The lowest BCUT2D eigenvalue weighted by molar-refractivity contribution is 0.331. The smallest absolute Gasteiger partial charge is 0.0378 e. The van der Waals surface area contributed by atoms with Gasteiger partial charge in [-0.05, 0) is 63.1 Å². The molecule has 1 aromatic rings. The molecule has 1 aliphatic carbocycles. The minimum atomic E-state index is 0.311. The number of thioether (sulfide) groups is 1. The van der Waals surface area contributed by atoms with Crippen LogP contribution < -0.4 is 10.2 Å². The van der Waals surface area contributed by atoms with Crippen LogP contribution >= 0.6 is 11.8 Å². The summed E-state index contributed by atoms with van der Waals surface area (Å²) in [6.07, 6.45) is 6.20. The predicted molar refractivity (Wildman–Crippen MR) is 84.2 cm³/mol. The molecule has 1 unspecified atom stereocenters. The van der Waals surface area contributed by atoms with Gasteiger partial charge in [0.05, 0.1) is 0 Å². The molecule has 1 saturated carbocycles. The molecule has 19 heavy (non-hydrogen) atoms. The van der Waals surface area contributed by atoms with Crippen LogP contribution in [0.25, 0.3) is 0 Å². The van der Waals surface area contributed by atoms with E-state index < -0.39 is 0 Å². The maximum atomic E-state index is 3.80. The number of anilines is 1. The first-order valence-electron chi connectivity index (χ1n) is 7.35. The Kier molecular flexibility index (Phi) is 3.77. The largest absolute Gasteiger partial charge is 0.370 e. The fraction of sp³-hybridized carbons (Fsp3) is 0.625. The maximum absolute atomic E-state index is 3.80. The molecular weight excluding hydrogens is 252 g/mol. The van der Waals surface area contributed by atoms with Gasteiger partial charge in [-0.1, -0.05) is 6.07 Å². The first-order valence-corrected chi connectivity index (χ1v) is 8.58. The molecule has 0 aromatic heterocycles. The molecule has 1 atom stereocenters. The summed E-state index contributed by atoms with van der Waals surface area (Å²) in [6, 6.07) is 8.99. The van der Waals surface area contributed by atoms with Gasteiger partial charge in [0.15, 0.2) is 0 Å². The zero-order chi connectivity index (χ0) is 13.3. The Morgan fingerprint density at radius 1 is 1.37 bits per heavy atom. The summed E-state index contributed by atoms with van der Waals surface area (Å²) in [5, 5.41) is 3.80. The second kappa shape index (κ2) is 5.37. The third-order valence-corrected chi connectivity index (χ3v) is 5.28. The molecule has 1 aliphatic heterocycles. The number of benzene rings is 1. The van der Waals surface area contributed by atoms with Crippen molar-refractivity contribution in [1.82, 2.24) is 5.32 Å². The van der Waals surface area contributed by atoms with Crippen LogP contribution in [0.5, 0.6) is 0 Å². The molecule has 0 spiro atoms. The number of hydrogen-bond acceptors (Lipinski definition) is 3. The average Bonchev–Trinajstić information content (AvgIpc) is 3.26. The monoisotopic (exact) mass is 276 g/mol. The van der Waals surface area contributed by atoms with E-state index in [2.05, 4.69) is 47.7 Å². The van der Waals surface area contributed by atoms with E-state index in [1.165, 1.54) is 36.4 Å². The van der Waals surface area contributed by atoms with E-state index in [1.807, 2.05) is 11.8 Å². The molecule has 3 heteroatoms.